The van der Waals surface area contributed by atoms with Crippen LogP contribution in [0.5, 0.6) is 5.75 Å². The van der Waals surface area contributed by atoms with E-state index >= 15 is 0 Å². The molecule has 15 heteroatoms. The Labute approximate surface area is 322 Å². The molecule has 0 saturated carbocycles. The molecule has 288 valence electrons. The van der Waals surface area contributed by atoms with Crippen LogP contribution in [0, 0.1) is 0 Å². The lowest BCUT2D eigenvalue weighted by atomic mass is 10.0. The molecule has 1 aromatic heterocycles. The average molecular weight is 760 g/mol. The van der Waals surface area contributed by atoms with Crippen molar-refractivity contribution in [2.75, 3.05) is 102 Å². The minimum absolute atomic E-state index is 0.0319. The summed E-state index contributed by atoms with van der Waals surface area (Å²) in [4.78, 5) is 69.3. The second-order valence-corrected chi connectivity index (χ2v) is 13.8. The first-order chi connectivity index (χ1) is 26.2. The molecule has 1 atom stereocenters. The summed E-state index contributed by atoms with van der Waals surface area (Å²) in [5, 5.41) is 6.47. The number of aldehydes is 2. The number of halogens is 1. The van der Waals surface area contributed by atoms with Crippen molar-refractivity contribution in [2.45, 2.75) is 25.3 Å². The zero-order valence-electron chi connectivity index (χ0n) is 31.3. The van der Waals surface area contributed by atoms with Crippen LogP contribution in [0.25, 0.3) is 0 Å². The van der Waals surface area contributed by atoms with Crippen LogP contribution in [-0.4, -0.2) is 147 Å². The zero-order chi connectivity index (χ0) is 38.6. The van der Waals surface area contributed by atoms with Gasteiger partial charge in [-0.2, -0.15) is 4.98 Å². The molecule has 14 nitrogen and oxygen atoms in total. The summed E-state index contributed by atoms with van der Waals surface area (Å²) >= 11 is 6.10. The second-order valence-electron chi connectivity index (χ2n) is 13.4. The number of nitrogens with zero attached hydrogens (tertiary/aromatic N) is 7. The predicted octanol–water partition coefficient (Wildman–Crippen LogP) is 4.31. The van der Waals surface area contributed by atoms with Crippen LogP contribution in [0.15, 0.2) is 55.3 Å². The number of amides is 2. The zero-order valence-corrected chi connectivity index (χ0v) is 32.1. The molecular weight excluding hydrogens is 710 g/mol. The standard InChI is InChI=1S/C39H50ClN9O5/c1-5-6-8-31(27-51)45(3)38(53)32-24-30(11-9-29(32)26-50)48-19-15-46(16-20-48)13-7-14-47-17-21-49(22-18-47)37(52)28-10-12-34(35(23-28)54-4)43-39-42-25-33(40)36(41-2)44-39/h5,9-12,23-27,31H,1,6-8,13-22H2,2-4H3,(H2,41,42,43,44). The summed E-state index contributed by atoms with van der Waals surface area (Å²) in [6.07, 6.45) is 6.80. The van der Waals surface area contributed by atoms with Crippen molar-refractivity contribution in [1.29, 1.82) is 0 Å². The highest BCUT2D eigenvalue weighted by molar-refractivity contribution is 6.32. The van der Waals surface area contributed by atoms with E-state index in [1.165, 1.54) is 11.1 Å². The maximum atomic E-state index is 13.4. The lowest BCUT2D eigenvalue weighted by Crippen LogP contribution is -2.50. The maximum absolute atomic E-state index is 13.4. The molecule has 2 aliphatic heterocycles. The van der Waals surface area contributed by atoms with E-state index in [-0.39, 0.29) is 11.8 Å². The van der Waals surface area contributed by atoms with Gasteiger partial charge in [0.25, 0.3) is 11.8 Å². The average Bonchev–Trinajstić information content (AvgIpc) is 3.21. The molecule has 0 spiro atoms. The van der Waals surface area contributed by atoms with Gasteiger partial charge >= 0.3 is 0 Å². The number of carbonyl (C=O) groups is 4. The van der Waals surface area contributed by atoms with Gasteiger partial charge < -0.3 is 34.9 Å². The Morgan fingerprint density at radius 2 is 1.72 bits per heavy atom. The summed E-state index contributed by atoms with van der Waals surface area (Å²) in [7, 11) is 4.88. The fourth-order valence-electron chi connectivity index (χ4n) is 6.77. The van der Waals surface area contributed by atoms with E-state index in [1.54, 1.807) is 57.6 Å². The number of anilines is 4. The smallest absolute Gasteiger partial charge is 0.255 e. The molecule has 2 fully saturated rings. The van der Waals surface area contributed by atoms with Gasteiger partial charge in [0.15, 0.2) is 6.29 Å². The summed E-state index contributed by atoms with van der Waals surface area (Å²) in [6.45, 7) is 11.9. The normalized spacial score (nSPS) is 15.6. The molecule has 0 radical (unpaired) electrons. The first kappa shape index (κ1) is 40.1. The van der Waals surface area contributed by atoms with Crippen molar-refractivity contribution in [1.82, 2.24) is 29.6 Å². The van der Waals surface area contributed by atoms with Crippen molar-refractivity contribution in [3.63, 3.8) is 0 Å². The Hall–Kier alpha value is -5.05. The highest BCUT2D eigenvalue weighted by atomic mass is 35.5. The van der Waals surface area contributed by atoms with Gasteiger partial charge in [-0.1, -0.05) is 17.7 Å². The van der Waals surface area contributed by atoms with Crippen molar-refractivity contribution < 1.29 is 23.9 Å². The monoisotopic (exact) mass is 759 g/mol. The first-order valence-electron chi connectivity index (χ1n) is 18.3. The van der Waals surface area contributed by atoms with Crippen LogP contribution < -0.4 is 20.3 Å². The van der Waals surface area contributed by atoms with Crippen LogP contribution in [-0.2, 0) is 4.79 Å². The Kier molecular flexibility index (Phi) is 14.4. The van der Waals surface area contributed by atoms with E-state index in [0.29, 0.717) is 77.1 Å². The fourth-order valence-corrected chi connectivity index (χ4v) is 6.95. The van der Waals surface area contributed by atoms with Gasteiger partial charge in [0.2, 0.25) is 5.95 Å². The number of carbonyl (C=O) groups excluding carboxylic acids is 4. The number of rotatable bonds is 17. The van der Waals surface area contributed by atoms with E-state index in [2.05, 4.69) is 41.9 Å². The first-order valence-corrected chi connectivity index (χ1v) is 18.6. The molecule has 2 amide bonds. The summed E-state index contributed by atoms with van der Waals surface area (Å²) in [6, 6.07) is 10.1. The number of benzene rings is 2. The van der Waals surface area contributed by atoms with E-state index < -0.39 is 6.04 Å². The molecular formula is C39H50ClN9O5. The lowest BCUT2D eigenvalue weighted by molar-refractivity contribution is -0.111. The number of ether oxygens (including phenoxy) is 1. The number of likely N-dealkylation sites (N-methyl/N-ethyl adjacent to an activating group) is 1. The van der Waals surface area contributed by atoms with E-state index in [1.807, 2.05) is 11.0 Å². The number of hydrogen-bond donors (Lipinski definition) is 2. The second kappa shape index (κ2) is 19.3. The number of aromatic nitrogens is 2. The Morgan fingerprint density at radius 1 is 1.02 bits per heavy atom. The van der Waals surface area contributed by atoms with Crippen molar-refractivity contribution in [3.05, 3.63) is 77.0 Å². The van der Waals surface area contributed by atoms with Crippen molar-refractivity contribution >= 4 is 59.1 Å². The Morgan fingerprint density at radius 3 is 2.35 bits per heavy atom. The molecule has 5 rings (SSSR count). The van der Waals surface area contributed by atoms with Crippen LogP contribution in [0.2, 0.25) is 5.02 Å². The van der Waals surface area contributed by atoms with Gasteiger partial charge in [0, 0.05) is 83.3 Å². The van der Waals surface area contributed by atoms with Gasteiger partial charge in [0.1, 0.15) is 22.9 Å². The molecule has 2 aliphatic rings. The number of nitrogens with one attached hydrogen (secondary N) is 2. The minimum Gasteiger partial charge on any atom is -0.495 e. The van der Waals surface area contributed by atoms with Gasteiger partial charge in [-0.05, 0) is 68.8 Å². The minimum atomic E-state index is -0.587. The SMILES string of the molecule is C=CCCC(C=O)N(C)C(=O)c1cc(N2CCN(CCCN3CCN(C(=O)c4ccc(Nc5ncc(Cl)c(NC)n5)c(OC)c4)CC3)CC2)ccc1C=O. The Balaban J connectivity index is 1.06. The molecule has 3 aromatic rings. The molecule has 0 bridgehead atoms. The van der Waals surface area contributed by atoms with Gasteiger partial charge in [-0.3, -0.25) is 24.2 Å². The number of allylic oxidation sites excluding steroid dienone is 1. The van der Waals surface area contributed by atoms with Crippen LogP contribution in [0.1, 0.15) is 50.3 Å². The quantitative estimate of drug-likeness (QED) is 0.150. The van der Waals surface area contributed by atoms with E-state index in [0.717, 1.165) is 70.8 Å². The molecule has 1 unspecified atom stereocenters. The highest BCUT2D eigenvalue weighted by Gasteiger charge is 2.26. The summed E-state index contributed by atoms with van der Waals surface area (Å²) in [5.41, 5.74) is 2.69. The Bertz CT molecular complexity index is 1790. The van der Waals surface area contributed by atoms with Gasteiger partial charge in [-0.25, -0.2) is 4.98 Å². The third kappa shape index (κ3) is 9.92. The van der Waals surface area contributed by atoms with Crippen LogP contribution in [0.3, 0.4) is 0 Å². The van der Waals surface area contributed by atoms with Crippen molar-refractivity contribution in [2.24, 2.45) is 0 Å². The lowest BCUT2D eigenvalue weighted by Gasteiger charge is -2.37. The molecule has 54 heavy (non-hydrogen) atoms. The fraction of sp³-hybridized carbons (Fsp3) is 0.436. The van der Waals surface area contributed by atoms with E-state index in [4.69, 9.17) is 16.3 Å². The molecule has 0 aliphatic carbocycles. The van der Waals surface area contributed by atoms with E-state index in [9.17, 15) is 19.2 Å². The molecule has 2 aromatic carbocycles. The number of hydrogen-bond acceptors (Lipinski definition) is 12. The predicted molar refractivity (Wildman–Crippen MR) is 212 cm³/mol. The summed E-state index contributed by atoms with van der Waals surface area (Å²) < 4.78 is 5.58. The molecule has 3 heterocycles. The third-order valence-electron chi connectivity index (χ3n) is 10.1. The largest absolute Gasteiger partial charge is 0.495 e. The topological polar surface area (TPSA) is 144 Å². The van der Waals surface area contributed by atoms with Gasteiger partial charge in [-0.15, -0.1) is 6.58 Å². The van der Waals surface area contributed by atoms with Gasteiger partial charge in [0.05, 0.1) is 30.6 Å². The third-order valence-corrected chi connectivity index (χ3v) is 10.3. The maximum Gasteiger partial charge on any atom is 0.255 e. The van der Waals surface area contributed by atoms with Crippen molar-refractivity contribution in [3.8, 4) is 5.75 Å². The molecule has 2 saturated heterocycles. The van der Waals surface area contributed by atoms with Crippen LogP contribution in [0.4, 0.5) is 23.1 Å². The summed E-state index contributed by atoms with van der Waals surface area (Å²) in [5.74, 6) is 0.975. The molecule has 2 N–H and O–H groups in total. The van der Waals surface area contributed by atoms with Crippen LogP contribution >= 0.6 is 11.6 Å². The highest BCUT2D eigenvalue weighted by Crippen LogP contribution is 2.30. The number of piperazine rings is 2. The number of methoxy groups -OCH3 is 1.